The number of benzene rings is 2. The fourth-order valence-corrected chi connectivity index (χ4v) is 4.42. The maximum atomic E-state index is 13.4. The first-order valence-electron chi connectivity index (χ1n) is 10.2. The van der Waals surface area contributed by atoms with E-state index in [1.54, 1.807) is 29.6 Å². The van der Waals surface area contributed by atoms with Crippen LogP contribution in [-0.4, -0.2) is 17.9 Å². The van der Waals surface area contributed by atoms with E-state index >= 15 is 0 Å². The maximum Gasteiger partial charge on any atom is 0.258 e. The third-order valence-corrected chi connectivity index (χ3v) is 6.23. The van der Waals surface area contributed by atoms with Crippen molar-refractivity contribution < 1.29 is 18.7 Å². The van der Waals surface area contributed by atoms with Gasteiger partial charge in [0.2, 0.25) is 0 Å². The van der Waals surface area contributed by atoms with Gasteiger partial charge >= 0.3 is 0 Å². The number of anilines is 1. The molecule has 2 aromatic heterocycles. The van der Waals surface area contributed by atoms with Crippen molar-refractivity contribution in [3.8, 4) is 11.5 Å². The maximum absolute atomic E-state index is 13.4. The molecule has 1 aliphatic rings. The number of amides is 1. The molecule has 162 valence electrons. The van der Waals surface area contributed by atoms with Gasteiger partial charge in [0, 0.05) is 10.6 Å². The average Bonchev–Trinajstić information content (AvgIpc) is 3.54. The molecule has 0 aliphatic carbocycles. The van der Waals surface area contributed by atoms with E-state index in [0.29, 0.717) is 36.0 Å². The van der Waals surface area contributed by atoms with E-state index in [2.05, 4.69) is 5.32 Å². The number of nitrogens with zero attached hydrogens (tertiary/aromatic N) is 1. The molecule has 4 aromatic rings. The molecule has 7 heteroatoms. The number of ether oxygens (including phenoxy) is 2. The third-order valence-electron chi connectivity index (χ3n) is 5.38. The van der Waals surface area contributed by atoms with Gasteiger partial charge in [0.25, 0.3) is 5.91 Å². The van der Waals surface area contributed by atoms with Gasteiger partial charge in [-0.05, 0) is 53.4 Å². The number of para-hydroxylation sites is 1. The molecule has 1 aliphatic heterocycles. The smallest absolute Gasteiger partial charge is 0.258 e. The third kappa shape index (κ3) is 3.94. The van der Waals surface area contributed by atoms with Gasteiger partial charge in [0.05, 0.1) is 25.5 Å². The van der Waals surface area contributed by atoms with Crippen molar-refractivity contribution in [1.29, 1.82) is 0 Å². The number of nitrogens with one attached hydrogen (secondary N) is 1. The van der Waals surface area contributed by atoms with E-state index in [0.717, 1.165) is 16.1 Å². The summed E-state index contributed by atoms with van der Waals surface area (Å²) in [5.74, 6) is 1.93. The Labute approximate surface area is 190 Å². The van der Waals surface area contributed by atoms with Crippen molar-refractivity contribution in [2.75, 3.05) is 12.4 Å². The van der Waals surface area contributed by atoms with Gasteiger partial charge in [0.15, 0.2) is 11.5 Å². The summed E-state index contributed by atoms with van der Waals surface area (Å²) in [5.41, 5.74) is 2.33. The zero-order chi connectivity index (χ0) is 21.9. The van der Waals surface area contributed by atoms with Crippen LogP contribution in [0.4, 0.5) is 5.69 Å². The van der Waals surface area contributed by atoms with E-state index in [1.165, 1.54) is 0 Å². The van der Waals surface area contributed by atoms with E-state index in [9.17, 15) is 4.79 Å². The summed E-state index contributed by atoms with van der Waals surface area (Å²) in [5, 5.41) is 5.52. The highest BCUT2D eigenvalue weighted by Crippen LogP contribution is 2.38. The minimum Gasteiger partial charge on any atom is -0.493 e. The molecule has 0 unspecified atom stereocenters. The summed E-state index contributed by atoms with van der Waals surface area (Å²) < 4.78 is 17.1. The molecule has 0 saturated carbocycles. The van der Waals surface area contributed by atoms with Crippen LogP contribution in [0.1, 0.15) is 32.7 Å². The molecule has 0 bridgehead atoms. The van der Waals surface area contributed by atoms with Crippen LogP contribution in [0, 0.1) is 0 Å². The molecular formula is C25H22N2O4S. The van der Waals surface area contributed by atoms with Crippen LogP contribution < -0.4 is 14.8 Å². The molecule has 5 rings (SSSR count). The zero-order valence-electron chi connectivity index (χ0n) is 17.5. The monoisotopic (exact) mass is 446 g/mol. The molecule has 32 heavy (non-hydrogen) atoms. The summed E-state index contributed by atoms with van der Waals surface area (Å²) in [6, 6.07) is 21.0. The van der Waals surface area contributed by atoms with E-state index in [1.807, 2.05) is 72.1 Å². The molecule has 1 amide bonds. The van der Waals surface area contributed by atoms with Crippen LogP contribution in [0.3, 0.4) is 0 Å². The lowest BCUT2D eigenvalue weighted by atomic mass is 10.0. The predicted octanol–water partition coefficient (Wildman–Crippen LogP) is 5.70. The Hall–Kier alpha value is -3.71. The molecule has 0 fully saturated rings. The molecule has 1 atom stereocenters. The molecule has 6 nitrogen and oxygen atoms in total. The first-order chi connectivity index (χ1) is 15.7. The number of carbonyl (C=O) groups excluding carboxylic acids is 1. The SMILES string of the molecule is COc1cc([C@@H]2Nc3ccccc3C(=O)N2Cc2ccco2)ccc1OCc1cccs1. The van der Waals surface area contributed by atoms with Crippen molar-refractivity contribution in [2.24, 2.45) is 0 Å². The van der Waals surface area contributed by atoms with Crippen LogP contribution in [0.25, 0.3) is 0 Å². The lowest BCUT2D eigenvalue weighted by Crippen LogP contribution is -2.42. The number of furan rings is 1. The zero-order valence-corrected chi connectivity index (χ0v) is 18.3. The summed E-state index contributed by atoms with van der Waals surface area (Å²) in [6.45, 7) is 0.822. The molecule has 3 heterocycles. The van der Waals surface area contributed by atoms with Crippen LogP contribution >= 0.6 is 11.3 Å². The summed E-state index contributed by atoms with van der Waals surface area (Å²) >= 11 is 1.65. The Kier molecular flexibility index (Phi) is 5.56. The fraction of sp³-hybridized carbons (Fsp3) is 0.160. The number of hydrogen-bond donors (Lipinski definition) is 1. The summed E-state index contributed by atoms with van der Waals surface area (Å²) in [7, 11) is 1.62. The number of methoxy groups -OCH3 is 1. The normalized spacial score (nSPS) is 15.2. The highest BCUT2D eigenvalue weighted by molar-refractivity contribution is 7.09. The van der Waals surface area contributed by atoms with Crippen molar-refractivity contribution in [1.82, 2.24) is 4.90 Å². The van der Waals surface area contributed by atoms with Crippen molar-refractivity contribution in [2.45, 2.75) is 19.3 Å². The van der Waals surface area contributed by atoms with E-state index < -0.39 is 0 Å². The van der Waals surface area contributed by atoms with Crippen LogP contribution in [-0.2, 0) is 13.2 Å². The van der Waals surface area contributed by atoms with Gasteiger partial charge in [-0.15, -0.1) is 11.3 Å². The van der Waals surface area contributed by atoms with Crippen molar-refractivity contribution in [3.05, 3.63) is 100 Å². The number of hydrogen-bond acceptors (Lipinski definition) is 6. The fourth-order valence-electron chi connectivity index (χ4n) is 3.81. The Morgan fingerprint density at radius 2 is 1.97 bits per heavy atom. The Morgan fingerprint density at radius 1 is 1.06 bits per heavy atom. The van der Waals surface area contributed by atoms with Crippen molar-refractivity contribution in [3.63, 3.8) is 0 Å². The topological polar surface area (TPSA) is 63.9 Å². The van der Waals surface area contributed by atoms with Crippen molar-refractivity contribution >= 4 is 22.9 Å². The number of thiophene rings is 1. The lowest BCUT2D eigenvalue weighted by Gasteiger charge is -2.37. The Bertz CT molecular complexity index is 1200. The van der Waals surface area contributed by atoms with Gasteiger partial charge in [-0.25, -0.2) is 0 Å². The number of rotatable bonds is 7. The minimum absolute atomic E-state index is 0.0576. The lowest BCUT2D eigenvalue weighted by molar-refractivity contribution is 0.0651. The van der Waals surface area contributed by atoms with E-state index in [4.69, 9.17) is 13.9 Å². The molecular weight excluding hydrogens is 424 g/mol. The second kappa shape index (κ2) is 8.80. The second-order valence-corrected chi connectivity index (χ2v) is 8.42. The molecule has 1 N–H and O–H groups in total. The van der Waals surface area contributed by atoms with Gasteiger partial charge in [-0.1, -0.05) is 24.3 Å². The van der Waals surface area contributed by atoms with Crippen LogP contribution in [0.5, 0.6) is 11.5 Å². The summed E-state index contributed by atoms with van der Waals surface area (Å²) in [6.07, 6.45) is 1.23. The molecule has 0 spiro atoms. The minimum atomic E-state index is -0.386. The van der Waals surface area contributed by atoms with Gasteiger partial charge in [-0.3, -0.25) is 4.79 Å². The standard InChI is InChI=1S/C25H22N2O4S/c1-29-23-14-17(10-11-22(23)31-16-19-7-5-13-32-19)24-26-21-9-3-2-8-20(21)25(28)27(24)15-18-6-4-12-30-18/h2-14,24,26H,15-16H2,1H3/t24-/m1/s1. The van der Waals surface area contributed by atoms with Gasteiger partial charge < -0.3 is 24.1 Å². The molecule has 0 radical (unpaired) electrons. The second-order valence-electron chi connectivity index (χ2n) is 7.38. The Morgan fingerprint density at radius 3 is 2.75 bits per heavy atom. The highest BCUT2D eigenvalue weighted by Gasteiger charge is 2.33. The Balaban J connectivity index is 1.47. The summed E-state index contributed by atoms with van der Waals surface area (Å²) in [4.78, 5) is 16.3. The predicted molar refractivity (Wildman–Crippen MR) is 123 cm³/mol. The molecule has 0 saturated heterocycles. The average molecular weight is 447 g/mol. The molecule has 2 aromatic carbocycles. The van der Waals surface area contributed by atoms with Crippen LogP contribution in [0.15, 0.2) is 82.8 Å². The van der Waals surface area contributed by atoms with Gasteiger partial charge in [0.1, 0.15) is 18.5 Å². The number of carbonyl (C=O) groups is 1. The van der Waals surface area contributed by atoms with Crippen LogP contribution in [0.2, 0.25) is 0 Å². The highest BCUT2D eigenvalue weighted by atomic mass is 32.1. The first kappa shape index (κ1) is 20.2. The largest absolute Gasteiger partial charge is 0.493 e. The quantitative estimate of drug-likeness (QED) is 0.395. The van der Waals surface area contributed by atoms with E-state index in [-0.39, 0.29) is 12.1 Å². The van der Waals surface area contributed by atoms with Gasteiger partial charge in [-0.2, -0.15) is 0 Å². The first-order valence-corrected chi connectivity index (χ1v) is 11.1. The number of fused-ring (bicyclic) bond motifs is 1.